The molecule has 1 N–H and O–H groups in total. The van der Waals surface area contributed by atoms with E-state index in [1.165, 1.54) is 11.8 Å². The zero-order valence-electron chi connectivity index (χ0n) is 10.4. The quantitative estimate of drug-likeness (QED) is 0.838. The van der Waals surface area contributed by atoms with Gasteiger partial charge in [0.25, 0.3) is 0 Å². The van der Waals surface area contributed by atoms with Crippen LogP contribution in [0.1, 0.15) is 36.0 Å². The SMILES string of the molecule is O=C(O)c1ccc(SCC2CCCC(F)(F)C2)cc1. The summed E-state index contributed by atoms with van der Waals surface area (Å²) in [7, 11) is 0. The number of halogens is 2. The molecule has 0 heterocycles. The summed E-state index contributed by atoms with van der Waals surface area (Å²) >= 11 is 1.52. The number of rotatable bonds is 4. The third-order valence-corrected chi connectivity index (χ3v) is 4.57. The number of benzene rings is 1. The minimum absolute atomic E-state index is 0.0154. The fraction of sp³-hybridized carbons (Fsp3) is 0.500. The summed E-state index contributed by atoms with van der Waals surface area (Å²) in [6.07, 6.45) is 1.45. The third-order valence-electron chi connectivity index (χ3n) is 3.33. The van der Waals surface area contributed by atoms with Gasteiger partial charge in [-0.2, -0.15) is 0 Å². The molecule has 1 aromatic carbocycles. The molecule has 2 rings (SSSR count). The van der Waals surface area contributed by atoms with Crippen molar-refractivity contribution < 1.29 is 18.7 Å². The Morgan fingerprint density at radius 1 is 1.37 bits per heavy atom. The van der Waals surface area contributed by atoms with Crippen molar-refractivity contribution in [1.82, 2.24) is 0 Å². The highest BCUT2D eigenvalue weighted by molar-refractivity contribution is 7.99. The largest absolute Gasteiger partial charge is 0.478 e. The first-order valence-corrected chi connectivity index (χ1v) is 7.29. The van der Waals surface area contributed by atoms with Crippen molar-refractivity contribution in [1.29, 1.82) is 0 Å². The molecule has 0 spiro atoms. The van der Waals surface area contributed by atoms with Gasteiger partial charge in [0.2, 0.25) is 5.92 Å². The van der Waals surface area contributed by atoms with Crippen LogP contribution in [0.4, 0.5) is 8.78 Å². The van der Waals surface area contributed by atoms with Crippen molar-refractivity contribution in [2.45, 2.75) is 36.5 Å². The van der Waals surface area contributed by atoms with Gasteiger partial charge in [0.15, 0.2) is 0 Å². The summed E-state index contributed by atoms with van der Waals surface area (Å²) in [5.74, 6) is -2.74. The number of alkyl halides is 2. The molecule has 1 saturated carbocycles. The number of aromatic carboxylic acids is 1. The van der Waals surface area contributed by atoms with Crippen LogP contribution in [0.5, 0.6) is 0 Å². The monoisotopic (exact) mass is 286 g/mol. The van der Waals surface area contributed by atoms with E-state index in [9.17, 15) is 13.6 Å². The normalized spacial score (nSPS) is 22.1. The van der Waals surface area contributed by atoms with E-state index in [-0.39, 0.29) is 24.3 Å². The Bertz CT molecular complexity index is 445. The highest BCUT2D eigenvalue weighted by atomic mass is 32.2. The molecule has 104 valence electrons. The molecule has 5 heteroatoms. The molecule has 0 aromatic heterocycles. The highest BCUT2D eigenvalue weighted by Gasteiger charge is 2.35. The summed E-state index contributed by atoms with van der Waals surface area (Å²) in [6.45, 7) is 0. The van der Waals surface area contributed by atoms with Crippen LogP contribution < -0.4 is 0 Å². The molecular weight excluding hydrogens is 270 g/mol. The zero-order valence-corrected chi connectivity index (χ0v) is 11.3. The lowest BCUT2D eigenvalue weighted by Crippen LogP contribution is -2.27. The lowest BCUT2D eigenvalue weighted by molar-refractivity contribution is -0.0487. The van der Waals surface area contributed by atoms with Gasteiger partial charge < -0.3 is 5.11 Å². The van der Waals surface area contributed by atoms with Gasteiger partial charge in [-0.3, -0.25) is 0 Å². The second kappa shape index (κ2) is 5.90. The van der Waals surface area contributed by atoms with E-state index in [1.807, 2.05) is 0 Å². The van der Waals surface area contributed by atoms with E-state index in [0.29, 0.717) is 12.2 Å². The average Bonchev–Trinajstić information content (AvgIpc) is 2.36. The van der Waals surface area contributed by atoms with Crippen LogP contribution in [0.15, 0.2) is 29.2 Å². The van der Waals surface area contributed by atoms with Crippen LogP contribution in [0.2, 0.25) is 0 Å². The molecule has 0 saturated heterocycles. The minimum atomic E-state index is -2.50. The standard InChI is InChI=1S/C14H16F2O2S/c15-14(16)7-1-2-10(8-14)9-19-12-5-3-11(4-6-12)13(17)18/h3-6,10H,1-2,7-9H2,(H,17,18). The summed E-state index contributed by atoms with van der Waals surface area (Å²) in [6, 6.07) is 6.55. The Labute approximate surface area is 115 Å². The van der Waals surface area contributed by atoms with E-state index in [1.54, 1.807) is 24.3 Å². The smallest absolute Gasteiger partial charge is 0.335 e. The van der Waals surface area contributed by atoms with Crippen molar-refractivity contribution in [3.63, 3.8) is 0 Å². The summed E-state index contributed by atoms with van der Waals surface area (Å²) in [5, 5.41) is 8.78. The molecule has 0 aliphatic heterocycles. The van der Waals surface area contributed by atoms with Crippen molar-refractivity contribution in [2.75, 3.05) is 5.75 Å². The van der Waals surface area contributed by atoms with E-state index in [0.717, 1.165) is 11.3 Å². The van der Waals surface area contributed by atoms with Gasteiger partial charge in [0.1, 0.15) is 0 Å². The Morgan fingerprint density at radius 2 is 2.05 bits per heavy atom. The molecule has 0 radical (unpaired) electrons. The topological polar surface area (TPSA) is 37.3 Å². The van der Waals surface area contributed by atoms with Crippen molar-refractivity contribution in [2.24, 2.45) is 5.92 Å². The predicted octanol–water partition coefficient (Wildman–Crippen LogP) is 4.30. The molecule has 1 atom stereocenters. The van der Waals surface area contributed by atoms with Crippen LogP contribution in [0.3, 0.4) is 0 Å². The number of carboxylic acids is 1. The van der Waals surface area contributed by atoms with Gasteiger partial charge in [0.05, 0.1) is 5.56 Å². The van der Waals surface area contributed by atoms with Crippen LogP contribution in [-0.2, 0) is 0 Å². The van der Waals surface area contributed by atoms with Crippen LogP contribution >= 0.6 is 11.8 Å². The fourth-order valence-electron chi connectivity index (χ4n) is 2.33. The number of hydrogen-bond donors (Lipinski definition) is 1. The molecule has 0 amide bonds. The lowest BCUT2D eigenvalue weighted by atomic mass is 9.88. The van der Waals surface area contributed by atoms with Gasteiger partial charge in [-0.15, -0.1) is 11.8 Å². The van der Waals surface area contributed by atoms with E-state index in [4.69, 9.17) is 5.11 Å². The van der Waals surface area contributed by atoms with Gasteiger partial charge in [-0.1, -0.05) is 0 Å². The van der Waals surface area contributed by atoms with Crippen molar-refractivity contribution in [3.8, 4) is 0 Å². The van der Waals surface area contributed by atoms with Crippen LogP contribution in [0.25, 0.3) is 0 Å². The maximum absolute atomic E-state index is 13.2. The van der Waals surface area contributed by atoms with Gasteiger partial charge in [-0.05, 0) is 43.0 Å². The zero-order chi connectivity index (χ0) is 13.9. The molecule has 1 aliphatic carbocycles. The van der Waals surface area contributed by atoms with Gasteiger partial charge in [0, 0.05) is 23.5 Å². The molecule has 0 bridgehead atoms. The maximum atomic E-state index is 13.2. The second-order valence-electron chi connectivity index (χ2n) is 4.96. The first kappa shape index (κ1) is 14.3. The number of hydrogen-bond acceptors (Lipinski definition) is 2. The van der Waals surface area contributed by atoms with E-state index < -0.39 is 11.9 Å². The molecule has 1 unspecified atom stereocenters. The highest BCUT2D eigenvalue weighted by Crippen LogP contribution is 2.38. The lowest BCUT2D eigenvalue weighted by Gasteiger charge is -2.28. The van der Waals surface area contributed by atoms with Crippen LogP contribution in [-0.4, -0.2) is 22.8 Å². The van der Waals surface area contributed by atoms with Crippen LogP contribution in [0, 0.1) is 5.92 Å². The number of carbonyl (C=O) groups is 1. The first-order valence-electron chi connectivity index (χ1n) is 6.30. The van der Waals surface area contributed by atoms with Gasteiger partial charge >= 0.3 is 5.97 Å². The number of thioether (sulfide) groups is 1. The summed E-state index contributed by atoms with van der Waals surface area (Å²) in [5.41, 5.74) is 0.244. The Morgan fingerprint density at radius 3 is 2.63 bits per heavy atom. The van der Waals surface area contributed by atoms with Crippen molar-refractivity contribution in [3.05, 3.63) is 29.8 Å². The molecule has 1 aliphatic rings. The van der Waals surface area contributed by atoms with E-state index in [2.05, 4.69) is 0 Å². The second-order valence-corrected chi connectivity index (χ2v) is 6.05. The molecule has 1 aromatic rings. The maximum Gasteiger partial charge on any atom is 0.335 e. The first-order chi connectivity index (χ1) is 8.96. The average molecular weight is 286 g/mol. The molecular formula is C14H16F2O2S. The predicted molar refractivity (Wildman–Crippen MR) is 71.0 cm³/mol. The Hall–Kier alpha value is -1.10. The molecule has 1 fully saturated rings. The minimum Gasteiger partial charge on any atom is -0.478 e. The Balaban J connectivity index is 1.86. The van der Waals surface area contributed by atoms with Crippen molar-refractivity contribution >= 4 is 17.7 Å². The molecule has 19 heavy (non-hydrogen) atoms. The fourth-order valence-corrected chi connectivity index (χ4v) is 3.37. The van der Waals surface area contributed by atoms with Gasteiger partial charge in [-0.25, -0.2) is 13.6 Å². The molecule has 2 nitrogen and oxygen atoms in total. The third kappa shape index (κ3) is 4.20. The number of carboxylic acid groups (broad SMARTS) is 1. The Kier molecular flexibility index (Phi) is 4.45. The summed E-state index contributed by atoms with van der Waals surface area (Å²) in [4.78, 5) is 11.6. The summed E-state index contributed by atoms with van der Waals surface area (Å²) < 4.78 is 26.5. The van der Waals surface area contributed by atoms with E-state index >= 15 is 0 Å².